The molecule has 1 atom stereocenters. The molecule has 0 aliphatic carbocycles. The zero-order valence-corrected chi connectivity index (χ0v) is 8.90. The maximum absolute atomic E-state index is 9.19. The first-order valence-electron chi connectivity index (χ1n) is 5.18. The minimum atomic E-state index is 0.0234. The van der Waals surface area contributed by atoms with Crippen molar-refractivity contribution in [2.24, 2.45) is 0 Å². The molecule has 0 fully saturated rings. The minimum Gasteiger partial charge on any atom is -0.394 e. The van der Waals surface area contributed by atoms with Crippen molar-refractivity contribution in [3.05, 3.63) is 18.0 Å². The number of nitrogens with zero attached hydrogens (tertiary/aromatic N) is 2. The van der Waals surface area contributed by atoms with Crippen molar-refractivity contribution in [1.29, 1.82) is 0 Å². The van der Waals surface area contributed by atoms with Crippen LogP contribution in [0.5, 0.6) is 0 Å². The molecule has 0 radical (unpaired) electrons. The highest BCUT2D eigenvalue weighted by Crippen LogP contribution is 2.10. The van der Waals surface area contributed by atoms with Crippen LogP contribution in [0, 0.1) is 0 Å². The summed E-state index contributed by atoms with van der Waals surface area (Å²) in [6.45, 7) is 6.06. The molecule has 1 heterocycles. The van der Waals surface area contributed by atoms with E-state index in [2.05, 4.69) is 17.3 Å². The summed E-state index contributed by atoms with van der Waals surface area (Å²) in [4.78, 5) is 0. The molecule has 0 bridgehead atoms. The van der Waals surface area contributed by atoms with Crippen LogP contribution in [0.25, 0.3) is 0 Å². The van der Waals surface area contributed by atoms with Gasteiger partial charge in [-0.3, -0.25) is 4.68 Å². The number of hydrogen-bond donors (Lipinski definition) is 2. The molecule has 0 spiro atoms. The number of aliphatic hydroxyl groups excluding tert-OH is 1. The largest absolute Gasteiger partial charge is 0.394 e. The number of aryl methyl sites for hydroxylation is 1. The fraction of sp³-hybridized carbons (Fsp3) is 0.700. The molecule has 1 unspecified atom stereocenters. The second-order valence-electron chi connectivity index (χ2n) is 3.32. The Morgan fingerprint density at radius 1 is 1.57 bits per heavy atom. The minimum absolute atomic E-state index is 0.0234. The Morgan fingerprint density at radius 3 is 2.86 bits per heavy atom. The maximum Gasteiger partial charge on any atom is 0.0627 e. The Bertz CT molecular complexity index is 260. The first kappa shape index (κ1) is 11.2. The van der Waals surface area contributed by atoms with Gasteiger partial charge < -0.3 is 10.4 Å². The lowest BCUT2D eigenvalue weighted by Crippen LogP contribution is -2.24. The molecule has 14 heavy (non-hydrogen) atoms. The number of rotatable bonds is 6. The lowest BCUT2D eigenvalue weighted by atomic mass is 10.2. The molecule has 1 aromatic rings. The summed E-state index contributed by atoms with van der Waals surface area (Å²) in [5.41, 5.74) is 1.06. The summed E-state index contributed by atoms with van der Waals surface area (Å²) in [5.74, 6) is 0. The van der Waals surface area contributed by atoms with Crippen molar-refractivity contribution in [3.8, 4) is 0 Å². The van der Waals surface area contributed by atoms with Gasteiger partial charge >= 0.3 is 0 Å². The average molecular weight is 197 g/mol. The third-order valence-corrected chi connectivity index (χ3v) is 2.20. The van der Waals surface area contributed by atoms with Crippen molar-refractivity contribution in [2.45, 2.75) is 32.9 Å². The molecule has 1 rings (SSSR count). The normalized spacial score (nSPS) is 13.1. The Hall–Kier alpha value is -0.870. The summed E-state index contributed by atoms with van der Waals surface area (Å²) < 4.78 is 1.87. The van der Waals surface area contributed by atoms with E-state index in [0.29, 0.717) is 0 Å². The van der Waals surface area contributed by atoms with Crippen molar-refractivity contribution >= 4 is 0 Å². The maximum atomic E-state index is 9.19. The lowest BCUT2D eigenvalue weighted by molar-refractivity contribution is 0.245. The molecule has 4 nitrogen and oxygen atoms in total. The van der Waals surface area contributed by atoms with Gasteiger partial charge in [0.2, 0.25) is 0 Å². The van der Waals surface area contributed by atoms with E-state index < -0.39 is 0 Å². The van der Waals surface area contributed by atoms with Crippen LogP contribution in [-0.4, -0.2) is 28.0 Å². The van der Waals surface area contributed by atoms with Gasteiger partial charge in [0.15, 0.2) is 0 Å². The molecular formula is C10H19N3O. The number of aliphatic hydroxyl groups is 1. The summed E-state index contributed by atoms with van der Waals surface area (Å²) in [5, 5.41) is 16.6. The van der Waals surface area contributed by atoms with Crippen molar-refractivity contribution in [3.63, 3.8) is 0 Å². The van der Waals surface area contributed by atoms with Gasteiger partial charge in [0.25, 0.3) is 0 Å². The monoisotopic (exact) mass is 197 g/mol. The fourth-order valence-electron chi connectivity index (χ4n) is 1.34. The predicted octanol–water partition coefficient (Wildman–Crippen LogP) is 0.936. The predicted molar refractivity (Wildman–Crippen MR) is 56.0 cm³/mol. The Labute approximate surface area is 84.9 Å². The molecule has 0 saturated carbocycles. The SMILES string of the molecule is CCCNC(CO)c1cnn(CC)c1. The van der Waals surface area contributed by atoms with Crippen LogP contribution in [0.4, 0.5) is 0 Å². The lowest BCUT2D eigenvalue weighted by Gasteiger charge is -2.13. The summed E-state index contributed by atoms with van der Waals surface area (Å²) in [6.07, 6.45) is 4.86. The van der Waals surface area contributed by atoms with Crippen molar-refractivity contribution in [1.82, 2.24) is 15.1 Å². The van der Waals surface area contributed by atoms with E-state index in [-0.39, 0.29) is 12.6 Å². The van der Waals surface area contributed by atoms with Crippen LogP contribution >= 0.6 is 0 Å². The third-order valence-electron chi connectivity index (χ3n) is 2.20. The molecular weight excluding hydrogens is 178 g/mol. The van der Waals surface area contributed by atoms with Crippen LogP contribution in [0.3, 0.4) is 0 Å². The highest BCUT2D eigenvalue weighted by Gasteiger charge is 2.10. The first-order valence-corrected chi connectivity index (χ1v) is 5.18. The van der Waals surface area contributed by atoms with Gasteiger partial charge in [0.1, 0.15) is 0 Å². The Morgan fingerprint density at radius 2 is 2.36 bits per heavy atom. The summed E-state index contributed by atoms with van der Waals surface area (Å²) in [7, 11) is 0. The quantitative estimate of drug-likeness (QED) is 0.713. The zero-order chi connectivity index (χ0) is 10.4. The molecule has 0 aromatic carbocycles. The zero-order valence-electron chi connectivity index (χ0n) is 8.90. The van der Waals surface area contributed by atoms with Crippen LogP contribution < -0.4 is 5.32 Å². The fourth-order valence-corrected chi connectivity index (χ4v) is 1.34. The van der Waals surface area contributed by atoms with Gasteiger partial charge in [0, 0.05) is 18.3 Å². The van der Waals surface area contributed by atoms with Crippen LogP contribution in [0.15, 0.2) is 12.4 Å². The Kier molecular flexibility index (Phi) is 4.62. The van der Waals surface area contributed by atoms with Crippen LogP contribution in [-0.2, 0) is 6.54 Å². The molecule has 0 amide bonds. The van der Waals surface area contributed by atoms with Gasteiger partial charge in [0.05, 0.1) is 18.8 Å². The van der Waals surface area contributed by atoms with E-state index in [1.807, 2.05) is 24.0 Å². The highest BCUT2D eigenvalue weighted by atomic mass is 16.3. The van der Waals surface area contributed by atoms with E-state index in [9.17, 15) is 5.11 Å². The van der Waals surface area contributed by atoms with E-state index in [0.717, 1.165) is 25.1 Å². The summed E-state index contributed by atoms with van der Waals surface area (Å²) in [6, 6.07) is 0.0234. The number of aromatic nitrogens is 2. The van der Waals surface area contributed by atoms with Gasteiger partial charge in [-0.05, 0) is 19.9 Å². The van der Waals surface area contributed by atoms with Crippen LogP contribution in [0.2, 0.25) is 0 Å². The van der Waals surface area contributed by atoms with Gasteiger partial charge in [-0.1, -0.05) is 6.92 Å². The molecule has 0 saturated heterocycles. The van der Waals surface area contributed by atoms with E-state index in [1.165, 1.54) is 0 Å². The number of nitrogens with one attached hydrogen (secondary N) is 1. The van der Waals surface area contributed by atoms with Gasteiger partial charge in [-0.2, -0.15) is 5.10 Å². The average Bonchev–Trinajstić information content (AvgIpc) is 2.68. The highest BCUT2D eigenvalue weighted by molar-refractivity contribution is 5.10. The second kappa shape index (κ2) is 5.78. The standard InChI is InChI=1S/C10H19N3O/c1-3-5-11-10(8-14)9-6-12-13(4-2)7-9/h6-7,10-11,14H,3-5,8H2,1-2H3. The van der Waals surface area contributed by atoms with Gasteiger partial charge in [-0.15, -0.1) is 0 Å². The van der Waals surface area contributed by atoms with Crippen LogP contribution in [0.1, 0.15) is 31.9 Å². The van der Waals surface area contributed by atoms with Crippen molar-refractivity contribution in [2.75, 3.05) is 13.2 Å². The van der Waals surface area contributed by atoms with E-state index in [1.54, 1.807) is 0 Å². The Balaban J connectivity index is 2.58. The van der Waals surface area contributed by atoms with E-state index in [4.69, 9.17) is 0 Å². The topological polar surface area (TPSA) is 50.1 Å². The number of hydrogen-bond acceptors (Lipinski definition) is 3. The first-order chi connectivity index (χ1) is 6.81. The van der Waals surface area contributed by atoms with Crippen molar-refractivity contribution < 1.29 is 5.11 Å². The molecule has 80 valence electrons. The smallest absolute Gasteiger partial charge is 0.0627 e. The van der Waals surface area contributed by atoms with E-state index >= 15 is 0 Å². The van der Waals surface area contributed by atoms with Gasteiger partial charge in [-0.25, -0.2) is 0 Å². The molecule has 1 aromatic heterocycles. The third kappa shape index (κ3) is 2.82. The molecule has 0 aliphatic rings. The summed E-state index contributed by atoms with van der Waals surface area (Å²) >= 11 is 0. The second-order valence-corrected chi connectivity index (χ2v) is 3.32. The molecule has 2 N–H and O–H groups in total. The molecule has 4 heteroatoms. The molecule has 0 aliphatic heterocycles.